The van der Waals surface area contributed by atoms with Gasteiger partial charge in [0.05, 0.1) is 16.9 Å². The van der Waals surface area contributed by atoms with Crippen molar-refractivity contribution in [2.75, 3.05) is 0 Å². The molecule has 0 saturated carbocycles. The van der Waals surface area contributed by atoms with E-state index >= 15 is 0 Å². The summed E-state index contributed by atoms with van der Waals surface area (Å²) in [6.45, 7) is 0. The average Bonchev–Trinajstić information content (AvgIpc) is 3.52. The lowest BCUT2D eigenvalue weighted by Gasteiger charge is -2.17. The Morgan fingerprint density at radius 2 is 0.933 bits per heavy atom. The summed E-state index contributed by atoms with van der Waals surface area (Å²) >= 11 is 0. The van der Waals surface area contributed by atoms with E-state index in [0.717, 1.165) is 50.1 Å². The Balaban J connectivity index is 1.51. The van der Waals surface area contributed by atoms with E-state index < -0.39 is 0 Å². The smallest absolute Gasteiger partial charge is 0.102 e. The van der Waals surface area contributed by atoms with Crippen LogP contribution in [0, 0.1) is 0 Å². The number of hydrogen-bond donors (Lipinski definition) is 0. The molecular formula is C42H27N3. The van der Waals surface area contributed by atoms with Crippen LogP contribution in [-0.4, -0.2) is 14.6 Å². The van der Waals surface area contributed by atoms with Crippen LogP contribution in [0.25, 0.3) is 82.7 Å². The largest absolute Gasteiger partial charge is 0.255 e. The van der Waals surface area contributed by atoms with Gasteiger partial charge in [0.15, 0.2) is 0 Å². The predicted molar refractivity (Wildman–Crippen MR) is 187 cm³/mol. The lowest BCUT2D eigenvalue weighted by atomic mass is 9.86. The Hall–Kier alpha value is -6.06. The fourth-order valence-corrected chi connectivity index (χ4v) is 6.94. The Kier molecular flexibility index (Phi) is 5.82. The van der Waals surface area contributed by atoms with Crippen LogP contribution < -0.4 is 0 Å². The molecule has 0 fully saturated rings. The molecule has 0 saturated heterocycles. The van der Waals surface area contributed by atoms with E-state index in [1.807, 2.05) is 18.3 Å². The second kappa shape index (κ2) is 10.3. The van der Waals surface area contributed by atoms with E-state index in [2.05, 4.69) is 150 Å². The molecule has 0 aliphatic heterocycles. The third-order valence-electron chi connectivity index (χ3n) is 8.84. The molecule has 3 aromatic heterocycles. The van der Waals surface area contributed by atoms with Crippen molar-refractivity contribution in [2.24, 2.45) is 0 Å². The number of benzene rings is 6. The minimum Gasteiger partial charge on any atom is -0.255 e. The van der Waals surface area contributed by atoms with E-state index in [-0.39, 0.29) is 0 Å². The first-order chi connectivity index (χ1) is 22.4. The summed E-state index contributed by atoms with van der Waals surface area (Å²) in [7, 11) is 0. The summed E-state index contributed by atoms with van der Waals surface area (Å²) in [5.74, 6) is 0. The summed E-state index contributed by atoms with van der Waals surface area (Å²) < 4.78 is 2.12. The maximum absolute atomic E-state index is 5.57. The topological polar surface area (TPSA) is 30.2 Å². The number of nitrogens with zero attached hydrogens (tertiary/aromatic N) is 3. The Morgan fingerprint density at radius 1 is 0.422 bits per heavy atom. The third kappa shape index (κ3) is 3.98. The molecule has 0 radical (unpaired) electrons. The number of rotatable bonds is 4. The van der Waals surface area contributed by atoms with Gasteiger partial charge in [-0.2, -0.15) is 5.10 Å². The molecule has 0 spiro atoms. The lowest BCUT2D eigenvalue weighted by Crippen LogP contribution is -1.97. The van der Waals surface area contributed by atoms with Crippen LogP contribution in [0.3, 0.4) is 0 Å². The zero-order chi connectivity index (χ0) is 29.7. The molecule has 210 valence electrons. The predicted octanol–water partition coefficient (Wildman–Crippen LogP) is 10.9. The summed E-state index contributed by atoms with van der Waals surface area (Å²) in [6.07, 6.45) is 1.85. The van der Waals surface area contributed by atoms with Crippen molar-refractivity contribution < 1.29 is 0 Å². The summed E-state index contributed by atoms with van der Waals surface area (Å²) in [5.41, 5.74) is 9.72. The molecule has 0 aliphatic carbocycles. The van der Waals surface area contributed by atoms with Crippen LogP contribution in [0.1, 0.15) is 0 Å². The monoisotopic (exact) mass is 573 g/mol. The minimum absolute atomic E-state index is 0.885. The van der Waals surface area contributed by atoms with Crippen molar-refractivity contribution in [3.63, 3.8) is 0 Å². The van der Waals surface area contributed by atoms with Crippen LogP contribution in [0.2, 0.25) is 0 Å². The molecule has 0 atom stereocenters. The van der Waals surface area contributed by atoms with Crippen molar-refractivity contribution in [2.45, 2.75) is 0 Å². The maximum atomic E-state index is 5.57. The van der Waals surface area contributed by atoms with E-state index in [0.29, 0.717) is 0 Å². The van der Waals surface area contributed by atoms with Crippen molar-refractivity contribution >= 4 is 37.8 Å². The van der Waals surface area contributed by atoms with E-state index in [1.54, 1.807) is 0 Å². The zero-order valence-corrected chi connectivity index (χ0v) is 24.4. The number of pyridine rings is 2. The first-order valence-corrected chi connectivity index (χ1v) is 15.3. The molecule has 3 nitrogen and oxygen atoms in total. The number of aromatic nitrogens is 3. The van der Waals surface area contributed by atoms with Crippen LogP contribution in [-0.2, 0) is 0 Å². The van der Waals surface area contributed by atoms with Crippen molar-refractivity contribution in [3.05, 3.63) is 164 Å². The van der Waals surface area contributed by atoms with Gasteiger partial charge >= 0.3 is 0 Å². The summed E-state index contributed by atoms with van der Waals surface area (Å²) in [6, 6.07) is 55.9. The van der Waals surface area contributed by atoms with Gasteiger partial charge in [-0.05, 0) is 61.8 Å². The third-order valence-corrected chi connectivity index (χ3v) is 8.84. The van der Waals surface area contributed by atoms with Crippen LogP contribution >= 0.6 is 0 Å². The second-order valence-electron chi connectivity index (χ2n) is 11.4. The zero-order valence-electron chi connectivity index (χ0n) is 24.4. The van der Waals surface area contributed by atoms with Gasteiger partial charge in [-0.15, -0.1) is 0 Å². The van der Waals surface area contributed by atoms with Crippen molar-refractivity contribution in [1.82, 2.24) is 14.6 Å². The molecule has 3 heterocycles. The summed E-state index contributed by atoms with van der Waals surface area (Å²) in [5, 5.41) is 12.7. The molecule has 9 aromatic rings. The molecule has 45 heavy (non-hydrogen) atoms. The molecule has 0 amide bonds. The second-order valence-corrected chi connectivity index (χ2v) is 11.4. The van der Waals surface area contributed by atoms with Gasteiger partial charge in [0.2, 0.25) is 0 Å². The molecule has 0 unspecified atom stereocenters. The Bertz CT molecular complexity index is 2460. The van der Waals surface area contributed by atoms with Crippen LogP contribution in [0.5, 0.6) is 0 Å². The van der Waals surface area contributed by atoms with E-state index in [1.165, 1.54) is 32.7 Å². The standard InChI is InChI=1S/C42H27N3/c1-3-15-28(16-4-1)38-32-21-9-11-23-34(32)40(35-24-12-10-22-33(35)38)41-39(29-17-5-2-6-18-29)42-31-20-8-7-19-30(31)27-37(45(42)44-41)36-25-13-14-26-43-36/h1-27H. The molecule has 0 bridgehead atoms. The number of hydrogen-bond acceptors (Lipinski definition) is 2. The van der Waals surface area contributed by atoms with Crippen LogP contribution in [0.4, 0.5) is 0 Å². The first-order valence-electron chi connectivity index (χ1n) is 15.3. The number of fused-ring (bicyclic) bond motifs is 5. The van der Waals surface area contributed by atoms with Gasteiger partial charge in [-0.25, -0.2) is 4.52 Å². The van der Waals surface area contributed by atoms with Crippen molar-refractivity contribution in [3.8, 4) is 44.9 Å². The van der Waals surface area contributed by atoms with E-state index in [4.69, 9.17) is 10.1 Å². The highest BCUT2D eigenvalue weighted by Gasteiger charge is 2.25. The van der Waals surface area contributed by atoms with Gasteiger partial charge in [-0.3, -0.25) is 4.98 Å². The molecule has 9 rings (SSSR count). The summed E-state index contributed by atoms with van der Waals surface area (Å²) in [4.78, 5) is 4.77. The Morgan fingerprint density at radius 3 is 1.53 bits per heavy atom. The molecule has 0 N–H and O–H groups in total. The first kappa shape index (κ1) is 25.4. The highest BCUT2D eigenvalue weighted by Crippen LogP contribution is 2.47. The molecule has 6 aromatic carbocycles. The normalized spacial score (nSPS) is 11.6. The van der Waals surface area contributed by atoms with Gasteiger partial charge in [0, 0.05) is 22.7 Å². The molecule has 3 heteroatoms. The highest BCUT2D eigenvalue weighted by atomic mass is 15.2. The van der Waals surface area contributed by atoms with Gasteiger partial charge < -0.3 is 0 Å². The van der Waals surface area contributed by atoms with Gasteiger partial charge in [0.25, 0.3) is 0 Å². The van der Waals surface area contributed by atoms with Crippen LogP contribution in [0.15, 0.2) is 164 Å². The average molecular weight is 574 g/mol. The fraction of sp³-hybridized carbons (Fsp3) is 0. The molecular weight excluding hydrogens is 546 g/mol. The molecule has 0 aliphatic rings. The quantitative estimate of drug-likeness (QED) is 0.196. The van der Waals surface area contributed by atoms with Gasteiger partial charge in [0.1, 0.15) is 5.69 Å². The Labute approximate surface area is 260 Å². The maximum Gasteiger partial charge on any atom is 0.102 e. The minimum atomic E-state index is 0.885. The van der Waals surface area contributed by atoms with Gasteiger partial charge in [-0.1, -0.05) is 140 Å². The van der Waals surface area contributed by atoms with E-state index in [9.17, 15) is 0 Å². The lowest BCUT2D eigenvalue weighted by molar-refractivity contribution is 0.973. The SMILES string of the molecule is c1ccc(-c2c3ccccc3c(-c3nn4c(-c5ccccn5)cc5ccccc5c4c3-c3ccccc3)c3ccccc23)cc1. The van der Waals surface area contributed by atoms with Crippen molar-refractivity contribution in [1.29, 1.82) is 0 Å². The highest BCUT2D eigenvalue weighted by molar-refractivity contribution is 6.23. The fourth-order valence-electron chi connectivity index (χ4n) is 6.94.